The number of carbonyl (C=O) groups excluding carboxylic acids is 1. The maximum absolute atomic E-state index is 11.8. The summed E-state index contributed by atoms with van der Waals surface area (Å²) in [5.41, 5.74) is 4.52. The highest BCUT2D eigenvalue weighted by Crippen LogP contribution is 2.31. The number of amides is 1. The molecule has 1 amide bonds. The summed E-state index contributed by atoms with van der Waals surface area (Å²) >= 11 is 0. The molecule has 1 aromatic carbocycles. The van der Waals surface area contributed by atoms with Gasteiger partial charge < -0.3 is 5.32 Å². The quantitative estimate of drug-likeness (QED) is 0.780. The Labute approximate surface area is 90.0 Å². The van der Waals surface area contributed by atoms with E-state index in [0.717, 1.165) is 17.6 Å². The SMILES string of the molecule is CCNC(=O)C1=C(C)c2ccccc2C1. The molecule has 2 rings (SSSR count). The van der Waals surface area contributed by atoms with Gasteiger partial charge in [0.05, 0.1) is 0 Å². The fourth-order valence-electron chi connectivity index (χ4n) is 2.04. The van der Waals surface area contributed by atoms with Crippen LogP contribution in [0.4, 0.5) is 0 Å². The molecule has 15 heavy (non-hydrogen) atoms. The van der Waals surface area contributed by atoms with E-state index < -0.39 is 0 Å². The number of hydrogen-bond donors (Lipinski definition) is 1. The van der Waals surface area contributed by atoms with Gasteiger partial charge in [-0.15, -0.1) is 0 Å². The summed E-state index contributed by atoms with van der Waals surface area (Å²) in [5.74, 6) is 0.0752. The fourth-order valence-corrected chi connectivity index (χ4v) is 2.04. The van der Waals surface area contributed by atoms with Gasteiger partial charge in [-0.3, -0.25) is 4.79 Å². The summed E-state index contributed by atoms with van der Waals surface area (Å²) in [6.45, 7) is 4.65. The molecule has 78 valence electrons. The highest BCUT2D eigenvalue weighted by atomic mass is 16.1. The molecule has 0 unspecified atom stereocenters. The molecule has 2 nitrogen and oxygen atoms in total. The topological polar surface area (TPSA) is 29.1 Å². The van der Waals surface area contributed by atoms with Crippen LogP contribution in [0.1, 0.15) is 25.0 Å². The number of nitrogens with one attached hydrogen (secondary N) is 1. The molecule has 0 aliphatic heterocycles. The molecule has 0 aromatic heterocycles. The minimum atomic E-state index is 0.0752. The minimum Gasteiger partial charge on any atom is -0.353 e. The van der Waals surface area contributed by atoms with Crippen LogP contribution in [0.5, 0.6) is 0 Å². The van der Waals surface area contributed by atoms with Gasteiger partial charge in [0.25, 0.3) is 0 Å². The summed E-state index contributed by atoms with van der Waals surface area (Å²) in [4.78, 5) is 11.8. The summed E-state index contributed by atoms with van der Waals surface area (Å²) < 4.78 is 0. The number of benzene rings is 1. The van der Waals surface area contributed by atoms with E-state index in [9.17, 15) is 4.79 Å². The lowest BCUT2D eigenvalue weighted by atomic mass is 10.1. The third-order valence-corrected chi connectivity index (χ3v) is 2.85. The first-order valence-corrected chi connectivity index (χ1v) is 5.30. The van der Waals surface area contributed by atoms with Crippen molar-refractivity contribution in [2.24, 2.45) is 0 Å². The predicted molar refractivity (Wildman–Crippen MR) is 61.4 cm³/mol. The van der Waals surface area contributed by atoms with E-state index >= 15 is 0 Å². The molecule has 0 saturated heterocycles. The molecule has 0 spiro atoms. The third kappa shape index (κ3) is 1.67. The van der Waals surface area contributed by atoms with Crippen LogP contribution in [0.2, 0.25) is 0 Å². The largest absolute Gasteiger partial charge is 0.353 e. The maximum Gasteiger partial charge on any atom is 0.247 e. The van der Waals surface area contributed by atoms with E-state index in [1.165, 1.54) is 11.1 Å². The maximum atomic E-state index is 11.8. The highest BCUT2D eigenvalue weighted by Gasteiger charge is 2.22. The van der Waals surface area contributed by atoms with Crippen molar-refractivity contribution in [3.8, 4) is 0 Å². The molecule has 2 heteroatoms. The van der Waals surface area contributed by atoms with Crippen molar-refractivity contribution in [1.82, 2.24) is 5.32 Å². The monoisotopic (exact) mass is 201 g/mol. The molecule has 0 fully saturated rings. The number of hydrogen-bond acceptors (Lipinski definition) is 1. The van der Waals surface area contributed by atoms with Crippen molar-refractivity contribution in [2.75, 3.05) is 6.54 Å². The van der Waals surface area contributed by atoms with Gasteiger partial charge in [0.2, 0.25) is 5.91 Å². The van der Waals surface area contributed by atoms with Crippen LogP contribution in [-0.2, 0) is 11.2 Å². The smallest absolute Gasteiger partial charge is 0.247 e. The lowest BCUT2D eigenvalue weighted by Gasteiger charge is -2.03. The Morgan fingerprint density at radius 1 is 1.40 bits per heavy atom. The molecule has 1 aliphatic rings. The first-order chi connectivity index (χ1) is 7.24. The van der Waals surface area contributed by atoms with Gasteiger partial charge in [-0.05, 0) is 30.5 Å². The Balaban J connectivity index is 2.33. The van der Waals surface area contributed by atoms with Gasteiger partial charge >= 0.3 is 0 Å². The summed E-state index contributed by atoms with van der Waals surface area (Å²) in [7, 11) is 0. The Bertz CT molecular complexity index is 432. The molecular formula is C13H15NO. The lowest BCUT2D eigenvalue weighted by molar-refractivity contribution is -0.117. The number of likely N-dealkylation sites (N-methyl/N-ethyl adjacent to an activating group) is 1. The predicted octanol–water partition coefficient (Wildman–Crippen LogP) is 2.15. The normalized spacial score (nSPS) is 14.0. The van der Waals surface area contributed by atoms with Crippen LogP contribution in [-0.4, -0.2) is 12.5 Å². The van der Waals surface area contributed by atoms with E-state index in [2.05, 4.69) is 17.4 Å². The van der Waals surface area contributed by atoms with Gasteiger partial charge in [0.1, 0.15) is 0 Å². The van der Waals surface area contributed by atoms with Crippen molar-refractivity contribution in [3.63, 3.8) is 0 Å². The van der Waals surface area contributed by atoms with E-state index in [-0.39, 0.29) is 5.91 Å². The van der Waals surface area contributed by atoms with Crippen molar-refractivity contribution in [1.29, 1.82) is 0 Å². The van der Waals surface area contributed by atoms with Crippen LogP contribution in [0.15, 0.2) is 29.8 Å². The van der Waals surface area contributed by atoms with E-state index in [4.69, 9.17) is 0 Å². The second-order valence-corrected chi connectivity index (χ2v) is 3.80. The van der Waals surface area contributed by atoms with Gasteiger partial charge in [-0.2, -0.15) is 0 Å². The fraction of sp³-hybridized carbons (Fsp3) is 0.308. The molecule has 1 aromatic rings. The Hall–Kier alpha value is -1.57. The molecule has 0 radical (unpaired) electrons. The van der Waals surface area contributed by atoms with Gasteiger partial charge in [0, 0.05) is 18.5 Å². The highest BCUT2D eigenvalue weighted by molar-refractivity contribution is 6.03. The first kappa shape index (κ1) is 9.97. The molecule has 0 heterocycles. The van der Waals surface area contributed by atoms with Gasteiger partial charge in [-0.1, -0.05) is 24.3 Å². The van der Waals surface area contributed by atoms with Crippen molar-refractivity contribution in [2.45, 2.75) is 20.3 Å². The van der Waals surface area contributed by atoms with Crippen LogP contribution in [0.3, 0.4) is 0 Å². The van der Waals surface area contributed by atoms with E-state index in [1.54, 1.807) is 0 Å². The third-order valence-electron chi connectivity index (χ3n) is 2.85. The van der Waals surface area contributed by atoms with Gasteiger partial charge in [-0.25, -0.2) is 0 Å². The van der Waals surface area contributed by atoms with Crippen LogP contribution >= 0.6 is 0 Å². The van der Waals surface area contributed by atoms with Crippen molar-refractivity contribution in [3.05, 3.63) is 41.0 Å². The summed E-state index contributed by atoms with van der Waals surface area (Å²) in [6.07, 6.45) is 0.772. The average molecular weight is 201 g/mol. The molecule has 1 aliphatic carbocycles. The van der Waals surface area contributed by atoms with Crippen LogP contribution in [0.25, 0.3) is 5.57 Å². The Morgan fingerprint density at radius 2 is 2.13 bits per heavy atom. The molecule has 0 bridgehead atoms. The molecule has 1 N–H and O–H groups in total. The average Bonchev–Trinajstić information content (AvgIpc) is 2.57. The second kappa shape index (κ2) is 3.89. The summed E-state index contributed by atoms with van der Waals surface area (Å²) in [5, 5.41) is 2.86. The Morgan fingerprint density at radius 3 is 2.80 bits per heavy atom. The van der Waals surface area contributed by atoms with Crippen molar-refractivity contribution >= 4 is 11.5 Å². The van der Waals surface area contributed by atoms with E-state index in [0.29, 0.717) is 6.54 Å². The van der Waals surface area contributed by atoms with Gasteiger partial charge in [0.15, 0.2) is 0 Å². The van der Waals surface area contributed by atoms with Crippen molar-refractivity contribution < 1.29 is 4.79 Å². The van der Waals surface area contributed by atoms with Crippen LogP contribution in [0, 0.1) is 0 Å². The zero-order valence-electron chi connectivity index (χ0n) is 9.13. The lowest BCUT2D eigenvalue weighted by Crippen LogP contribution is -2.24. The van der Waals surface area contributed by atoms with E-state index in [1.807, 2.05) is 26.0 Å². The zero-order chi connectivity index (χ0) is 10.8. The number of carbonyl (C=O) groups is 1. The second-order valence-electron chi connectivity index (χ2n) is 3.80. The number of fused-ring (bicyclic) bond motifs is 1. The molecule has 0 saturated carbocycles. The van der Waals surface area contributed by atoms with Crippen LogP contribution < -0.4 is 5.32 Å². The number of rotatable bonds is 2. The standard InChI is InChI=1S/C13H15NO/c1-3-14-13(15)12-8-10-6-4-5-7-11(10)9(12)2/h4-7H,3,8H2,1-2H3,(H,14,15). The Kier molecular flexibility index (Phi) is 2.58. The number of allylic oxidation sites excluding steroid dienone is 1. The minimum absolute atomic E-state index is 0.0752. The first-order valence-electron chi connectivity index (χ1n) is 5.30. The zero-order valence-corrected chi connectivity index (χ0v) is 9.13. The molecular weight excluding hydrogens is 186 g/mol. The molecule has 0 atom stereocenters. The summed E-state index contributed by atoms with van der Waals surface area (Å²) in [6, 6.07) is 8.21.